The summed E-state index contributed by atoms with van der Waals surface area (Å²) < 4.78 is 12.8. The van der Waals surface area contributed by atoms with Crippen molar-refractivity contribution in [2.24, 2.45) is 0 Å². The molecular formula is C7H2BrFN2O2. The topological polar surface area (TPSA) is 66.9 Å². The van der Waals surface area contributed by atoms with Crippen LogP contribution in [0.5, 0.6) is 0 Å². The molecule has 1 aromatic carbocycles. The van der Waals surface area contributed by atoms with Crippen LogP contribution in [0.1, 0.15) is 5.56 Å². The third-order valence-electron chi connectivity index (χ3n) is 1.38. The SMILES string of the molecule is N#Cc1ccc([N+](=O)[O-])c(Br)c1F. The third-order valence-corrected chi connectivity index (χ3v) is 2.13. The molecule has 0 amide bonds. The van der Waals surface area contributed by atoms with E-state index in [1.54, 1.807) is 6.07 Å². The lowest BCUT2D eigenvalue weighted by Gasteiger charge is -1.97. The van der Waals surface area contributed by atoms with Crippen LogP contribution in [0.4, 0.5) is 10.1 Å². The molecule has 0 aliphatic heterocycles. The molecule has 0 spiro atoms. The first-order valence-corrected chi connectivity index (χ1v) is 3.89. The molecule has 0 heterocycles. The lowest BCUT2D eigenvalue weighted by molar-refractivity contribution is -0.385. The van der Waals surface area contributed by atoms with E-state index in [2.05, 4.69) is 15.9 Å². The molecule has 0 fully saturated rings. The van der Waals surface area contributed by atoms with Gasteiger partial charge in [0.25, 0.3) is 5.69 Å². The summed E-state index contributed by atoms with van der Waals surface area (Å²) in [6, 6.07) is 3.72. The summed E-state index contributed by atoms with van der Waals surface area (Å²) in [6.07, 6.45) is 0. The van der Waals surface area contributed by atoms with Gasteiger partial charge in [-0.15, -0.1) is 0 Å². The molecule has 13 heavy (non-hydrogen) atoms. The Kier molecular flexibility index (Phi) is 2.58. The van der Waals surface area contributed by atoms with Gasteiger partial charge in [0.1, 0.15) is 10.5 Å². The summed E-state index contributed by atoms with van der Waals surface area (Å²) in [5.74, 6) is -0.906. The van der Waals surface area contributed by atoms with Gasteiger partial charge in [-0.1, -0.05) is 0 Å². The lowest BCUT2D eigenvalue weighted by Crippen LogP contribution is -1.93. The fourth-order valence-electron chi connectivity index (χ4n) is 0.767. The Morgan fingerprint density at radius 2 is 2.23 bits per heavy atom. The summed E-state index contributed by atoms with van der Waals surface area (Å²) in [5.41, 5.74) is -0.617. The molecule has 0 atom stereocenters. The van der Waals surface area contributed by atoms with Crippen LogP contribution in [-0.4, -0.2) is 4.92 Å². The van der Waals surface area contributed by atoms with Crippen molar-refractivity contribution in [3.8, 4) is 6.07 Å². The molecule has 0 N–H and O–H groups in total. The minimum absolute atomic E-state index is 0.225. The van der Waals surface area contributed by atoms with Gasteiger partial charge in [-0.25, -0.2) is 4.39 Å². The van der Waals surface area contributed by atoms with Crippen LogP contribution in [-0.2, 0) is 0 Å². The summed E-state index contributed by atoms with van der Waals surface area (Å²) >= 11 is 2.70. The fourth-order valence-corrected chi connectivity index (χ4v) is 1.26. The molecule has 1 rings (SSSR count). The van der Waals surface area contributed by atoms with E-state index in [0.29, 0.717) is 0 Å². The van der Waals surface area contributed by atoms with E-state index in [4.69, 9.17) is 5.26 Å². The zero-order valence-electron chi connectivity index (χ0n) is 6.12. The van der Waals surface area contributed by atoms with Crippen LogP contribution in [0.3, 0.4) is 0 Å². The molecule has 0 aromatic heterocycles. The average molecular weight is 245 g/mol. The van der Waals surface area contributed by atoms with Gasteiger partial charge < -0.3 is 0 Å². The number of hydrogen-bond donors (Lipinski definition) is 0. The molecule has 0 aliphatic carbocycles. The standard InChI is InChI=1S/C7H2BrFN2O2/c8-6-5(11(12)13)2-1-4(3-10)7(6)9/h1-2H. The summed E-state index contributed by atoms with van der Waals surface area (Å²) in [7, 11) is 0. The van der Waals surface area contributed by atoms with Crippen molar-refractivity contribution in [3.63, 3.8) is 0 Å². The molecule has 0 saturated carbocycles. The molecule has 0 aliphatic rings. The number of benzene rings is 1. The van der Waals surface area contributed by atoms with Crippen LogP contribution >= 0.6 is 15.9 Å². The Balaban J connectivity index is 3.42. The molecule has 1 aromatic rings. The van der Waals surface area contributed by atoms with E-state index in [-0.39, 0.29) is 10.0 Å². The first-order valence-electron chi connectivity index (χ1n) is 3.10. The normalized spacial score (nSPS) is 9.31. The maximum Gasteiger partial charge on any atom is 0.286 e. The number of halogens is 2. The second kappa shape index (κ2) is 3.49. The Hall–Kier alpha value is -1.48. The second-order valence-electron chi connectivity index (χ2n) is 2.13. The van der Waals surface area contributed by atoms with Crippen LogP contribution in [0.15, 0.2) is 16.6 Å². The Labute approximate surface area is 80.9 Å². The summed E-state index contributed by atoms with van der Waals surface area (Å²) in [6.45, 7) is 0. The van der Waals surface area contributed by atoms with Crippen molar-refractivity contribution in [1.29, 1.82) is 5.26 Å². The van der Waals surface area contributed by atoms with Gasteiger partial charge >= 0.3 is 0 Å². The van der Waals surface area contributed by atoms with Crippen LogP contribution in [0.2, 0.25) is 0 Å². The Bertz CT molecular complexity index is 414. The highest BCUT2D eigenvalue weighted by Gasteiger charge is 2.18. The van der Waals surface area contributed by atoms with Crippen molar-refractivity contribution < 1.29 is 9.31 Å². The van der Waals surface area contributed by atoms with E-state index in [1.807, 2.05) is 0 Å². The molecule has 4 nitrogen and oxygen atoms in total. The van der Waals surface area contributed by atoms with Crippen molar-refractivity contribution in [2.75, 3.05) is 0 Å². The maximum absolute atomic E-state index is 13.0. The number of nitro groups is 1. The van der Waals surface area contributed by atoms with E-state index in [1.165, 1.54) is 0 Å². The molecule has 0 radical (unpaired) electrons. The average Bonchev–Trinajstić information content (AvgIpc) is 2.09. The van der Waals surface area contributed by atoms with Gasteiger partial charge in [-0.05, 0) is 22.0 Å². The minimum atomic E-state index is -0.906. The largest absolute Gasteiger partial charge is 0.286 e. The quantitative estimate of drug-likeness (QED) is 0.563. The van der Waals surface area contributed by atoms with Crippen LogP contribution < -0.4 is 0 Å². The van der Waals surface area contributed by atoms with Gasteiger partial charge in [0, 0.05) is 6.07 Å². The van der Waals surface area contributed by atoms with E-state index < -0.39 is 16.4 Å². The summed E-state index contributed by atoms with van der Waals surface area (Å²) in [5, 5.41) is 18.7. The molecule has 66 valence electrons. The van der Waals surface area contributed by atoms with Gasteiger partial charge in [0.2, 0.25) is 0 Å². The molecule has 0 bridgehead atoms. The fraction of sp³-hybridized carbons (Fsp3) is 0. The van der Waals surface area contributed by atoms with E-state index >= 15 is 0 Å². The lowest BCUT2D eigenvalue weighted by atomic mass is 10.2. The van der Waals surface area contributed by atoms with Gasteiger partial charge in [-0.3, -0.25) is 10.1 Å². The zero-order chi connectivity index (χ0) is 10.0. The minimum Gasteiger partial charge on any atom is -0.258 e. The zero-order valence-corrected chi connectivity index (χ0v) is 7.71. The molecule has 6 heteroatoms. The number of nitrogens with zero attached hydrogens (tertiary/aromatic N) is 2. The van der Waals surface area contributed by atoms with Crippen molar-refractivity contribution in [1.82, 2.24) is 0 Å². The highest BCUT2D eigenvalue weighted by Crippen LogP contribution is 2.29. The number of nitriles is 1. The maximum atomic E-state index is 13.0. The number of hydrogen-bond acceptors (Lipinski definition) is 3. The molecule has 0 unspecified atom stereocenters. The van der Waals surface area contributed by atoms with Gasteiger partial charge in [-0.2, -0.15) is 5.26 Å². The number of rotatable bonds is 1. The Morgan fingerprint density at radius 1 is 1.62 bits per heavy atom. The highest BCUT2D eigenvalue weighted by molar-refractivity contribution is 9.10. The van der Waals surface area contributed by atoms with Crippen molar-refractivity contribution in [2.45, 2.75) is 0 Å². The van der Waals surface area contributed by atoms with Gasteiger partial charge in [0.15, 0.2) is 5.82 Å². The van der Waals surface area contributed by atoms with E-state index in [0.717, 1.165) is 12.1 Å². The van der Waals surface area contributed by atoms with E-state index in [9.17, 15) is 14.5 Å². The second-order valence-corrected chi connectivity index (χ2v) is 2.92. The Morgan fingerprint density at radius 3 is 2.69 bits per heavy atom. The van der Waals surface area contributed by atoms with Crippen molar-refractivity contribution >= 4 is 21.6 Å². The summed E-state index contributed by atoms with van der Waals surface area (Å²) in [4.78, 5) is 9.57. The molecule has 0 saturated heterocycles. The smallest absolute Gasteiger partial charge is 0.258 e. The predicted molar refractivity (Wildman–Crippen MR) is 45.5 cm³/mol. The van der Waals surface area contributed by atoms with Crippen molar-refractivity contribution in [3.05, 3.63) is 38.1 Å². The highest BCUT2D eigenvalue weighted by atomic mass is 79.9. The molecular weight excluding hydrogens is 243 g/mol. The number of nitro benzene ring substituents is 1. The van der Waals surface area contributed by atoms with Crippen LogP contribution in [0.25, 0.3) is 0 Å². The predicted octanol–water partition coefficient (Wildman–Crippen LogP) is 2.37. The monoisotopic (exact) mass is 244 g/mol. The first kappa shape index (κ1) is 9.61. The first-order chi connectivity index (χ1) is 6.07. The van der Waals surface area contributed by atoms with Crippen LogP contribution in [0, 0.1) is 27.3 Å². The third kappa shape index (κ3) is 1.65. The van der Waals surface area contributed by atoms with Gasteiger partial charge in [0.05, 0.1) is 10.5 Å².